The van der Waals surface area contributed by atoms with E-state index in [-0.39, 0.29) is 35.6 Å². The third kappa shape index (κ3) is 4.87. The van der Waals surface area contributed by atoms with Crippen molar-refractivity contribution in [1.29, 1.82) is 0 Å². The van der Waals surface area contributed by atoms with Gasteiger partial charge in [0.1, 0.15) is 22.9 Å². The van der Waals surface area contributed by atoms with E-state index in [1.807, 2.05) is 6.92 Å². The predicted molar refractivity (Wildman–Crippen MR) is 117 cm³/mol. The van der Waals surface area contributed by atoms with Gasteiger partial charge in [-0.25, -0.2) is 9.37 Å². The molecular formula is C23H24F4N6O. The lowest BCUT2D eigenvalue weighted by Gasteiger charge is -2.40. The molecule has 4 rings (SSSR count). The van der Waals surface area contributed by atoms with Crippen LogP contribution in [-0.2, 0) is 6.18 Å². The van der Waals surface area contributed by atoms with E-state index in [0.29, 0.717) is 12.1 Å². The zero-order chi connectivity index (χ0) is 24.5. The molecular weight excluding hydrogens is 452 g/mol. The zero-order valence-corrected chi connectivity index (χ0v) is 18.7. The molecule has 2 atom stereocenters. The van der Waals surface area contributed by atoms with Gasteiger partial charge in [0.05, 0.1) is 24.0 Å². The Morgan fingerprint density at radius 2 is 1.94 bits per heavy atom. The number of halogens is 4. The van der Waals surface area contributed by atoms with Crippen LogP contribution in [0.3, 0.4) is 0 Å². The fraction of sp³-hybridized carbons (Fsp3) is 0.391. The molecule has 1 aliphatic heterocycles. The molecule has 1 saturated heterocycles. The quantitative estimate of drug-likeness (QED) is 0.550. The Morgan fingerprint density at radius 3 is 2.59 bits per heavy atom. The minimum absolute atomic E-state index is 0.0828. The second-order valence-corrected chi connectivity index (χ2v) is 8.46. The average Bonchev–Trinajstić information content (AvgIpc) is 3.32. The van der Waals surface area contributed by atoms with Crippen molar-refractivity contribution in [2.24, 2.45) is 5.92 Å². The summed E-state index contributed by atoms with van der Waals surface area (Å²) in [5.74, 6) is -0.796. The van der Waals surface area contributed by atoms with Crippen LogP contribution in [0.15, 0.2) is 42.9 Å². The van der Waals surface area contributed by atoms with Crippen molar-refractivity contribution in [3.63, 3.8) is 0 Å². The predicted octanol–water partition coefficient (Wildman–Crippen LogP) is 4.48. The molecule has 0 saturated carbocycles. The lowest BCUT2D eigenvalue weighted by Crippen LogP contribution is -2.51. The lowest BCUT2D eigenvalue weighted by atomic mass is 9.89. The maximum atomic E-state index is 15.1. The number of nitrogens with one attached hydrogen (secondary N) is 1. The van der Waals surface area contributed by atoms with E-state index in [4.69, 9.17) is 0 Å². The van der Waals surface area contributed by atoms with Crippen LogP contribution < -0.4 is 5.32 Å². The second-order valence-electron chi connectivity index (χ2n) is 8.46. The van der Waals surface area contributed by atoms with Gasteiger partial charge < -0.3 is 10.2 Å². The zero-order valence-electron chi connectivity index (χ0n) is 18.7. The van der Waals surface area contributed by atoms with E-state index in [1.165, 1.54) is 29.3 Å². The van der Waals surface area contributed by atoms with Gasteiger partial charge in [0.25, 0.3) is 5.91 Å². The molecule has 180 valence electrons. The molecule has 1 aliphatic rings. The standard InChI is InChI=1S/C23H24F4N6O/c1-14-10-17(24)21(18(11-14)33-30-7-8-31-33)22(34)32-9-3-4-15(2)19(32)13-29-20-6-5-16(12-28-20)23(25,26)27/h5-8,10-12,15,19H,3-4,9,13H2,1-2H3,(H,28,29)/t15-,19-/m1/s1. The third-order valence-corrected chi connectivity index (χ3v) is 6.02. The molecule has 0 unspecified atom stereocenters. The number of anilines is 1. The highest BCUT2D eigenvalue weighted by atomic mass is 19.4. The van der Waals surface area contributed by atoms with Crippen LogP contribution in [0.2, 0.25) is 0 Å². The van der Waals surface area contributed by atoms with Crippen molar-refractivity contribution < 1.29 is 22.4 Å². The molecule has 0 aliphatic carbocycles. The molecule has 1 amide bonds. The molecule has 1 fully saturated rings. The van der Waals surface area contributed by atoms with Crippen molar-refractivity contribution in [3.05, 3.63) is 65.4 Å². The fourth-order valence-electron chi connectivity index (χ4n) is 4.26. The van der Waals surface area contributed by atoms with E-state index in [1.54, 1.807) is 17.9 Å². The van der Waals surface area contributed by atoms with E-state index in [9.17, 15) is 18.0 Å². The first-order valence-corrected chi connectivity index (χ1v) is 10.9. The number of likely N-dealkylation sites (tertiary alicyclic amines) is 1. The number of hydrogen-bond acceptors (Lipinski definition) is 5. The number of benzene rings is 1. The van der Waals surface area contributed by atoms with Gasteiger partial charge in [0, 0.05) is 19.3 Å². The number of aryl methyl sites for hydroxylation is 1. The summed E-state index contributed by atoms with van der Waals surface area (Å²) in [7, 11) is 0. The smallest absolute Gasteiger partial charge is 0.368 e. The summed E-state index contributed by atoms with van der Waals surface area (Å²) in [4.78, 5) is 20.3. The number of aromatic nitrogens is 4. The van der Waals surface area contributed by atoms with Gasteiger partial charge in [0.15, 0.2) is 0 Å². The number of hydrogen-bond donors (Lipinski definition) is 1. The molecule has 0 spiro atoms. The summed E-state index contributed by atoms with van der Waals surface area (Å²) in [5, 5.41) is 11.1. The first-order valence-electron chi connectivity index (χ1n) is 10.9. The summed E-state index contributed by atoms with van der Waals surface area (Å²) >= 11 is 0. The molecule has 7 nitrogen and oxygen atoms in total. The van der Waals surface area contributed by atoms with Crippen LogP contribution in [0.4, 0.5) is 23.4 Å². The normalized spacial score (nSPS) is 18.7. The second kappa shape index (κ2) is 9.40. The van der Waals surface area contributed by atoms with E-state index < -0.39 is 23.5 Å². The minimum atomic E-state index is -4.47. The Morgan fingerprint density at radius 1 is 1.21 bits per heavy atom. The summed E-state index contributed by atoms with van der Waals surface area (Å²) in [6, 6.07) is 4.84. The first kappa shape index (κ1) is 23.7. The molecule has 0 bridgehead atoms. The summed E-state index contributed by atoms with van der Waals surface area (Å²) in [6.07, 6.45) is 0.806. The van der Waals surface area contributed by atoms with Crippen molar-refractivity contribution >= 4 is 11.7 Å². The van der Waals surface area contributed by atoms with Crippen molar-refractivity contribution in [3.8, 4) is 5.69 Å². The summed E-state index contributed by atoms with van der Waals surface area (Å²) in [5.41, 5.74) is -0.0779. The molecule has 11 heteroatoms. The molecule has 0 radical (unpaired) electrons. The third-order valence-electron chi connectivity index (χ3n) is 6.02. The number of alkyl halides is 3. The lowest BCUT2D eigenvalue weighted by molar-refractivity contribution is -0.137. The number of pyridine rings is 1. The van der Waals surface area contributed by atoms with Gasteiger partial charge in [-0.15, -0.1) is 0 Å². The number of nitrogens with zero attached hydrogens (tertiary/aromatic N) is 5. The van der Waals surface area contributed by atoms with Crippen LogP contribution >= 0.6 is 0 Å². The topological polar surface area (TPSA) is 75.9 Å². The maximum absolute atomic E-state index is 15.1. The molecule has 2 aromatic heterocycles. The van der Waals surface area contributed by atoms with Gasteiger partial charge in [0.2, 0.25) is 0 Å². The first-order chi connectivity index (χ1) is 16.1. The Hall–Kier alpha value is -3.50. The van der Waals surface area contributed by atoms with Crippen LogP contribution in [0, 0.1) is 18.7 Å². The van der Waals surface area contributed by atoms with Gasteiger partial charge in [-0.3, -0.25) is 4.79 Å². The molecule has 1 aromatic carbocycles. The van der Waals surface area contributed by atoms with E-state index in [2.05, 4.69) is 20.5 Å². The molecule has 3 aromatic rings. The van der Waals surface area contributed by atoms with E-state index >= 15 is 4.39 Å². The Labute approximate surface area is 193 Å². The SMILES string of the molecule is Cc1cc(F)c(C(=O)N2CCC[C@@H](C)[C@H]2CNc2ccc(C(F)(F)F)cn2)c(-n2nccn2)c1. The van der Waals surface area contributed by atoms with Crippen molar-refractivity contribution in [2.75, 3.05) is 18.4 Å². The van der Waals surface area contributed by atoms with Crippen molar-refractivity contribution in [2.45, 2.75) is 38.9 Å². The number of rotatable bonds is 5. The summed E-state index contributed by atoms with van der Waals surface area (Å²) in [6.45, 7) is 4.40. The van der Waals surface area contributed by atoms with Crippen LogP contribution in [0.1, 0.15) is 41.3 Å². The van der Waals surface area contributed by atoms with Gasteiger partial charge in [-0.2, -0.15) is 28.2 Å². The monoisotopic (exact) mass is 476 g/mol. The highest BCUT2D eigenvalue weighted by Crippen LogP contribution is 2.30. The molecule has 1 N–H and O–H groups in total. The van der Waals surface area contributed by atoms with Crippen LogP contribution in [0.25, 0.3) is 5.69 Å². The Bertz CT molecular complexity index is 1150. The maximum Gasteiger partial charge on any atom is 0.417 e. The largest absolute Gasteiger partial charge is 0.417 e. The Balaban J connectivity index is 1.59. The average molecular weight is 476 g/mol. The Kier molecular flexibility index (Phi) is 6.54. The molecule has 3 heterocycles. The number of carbonyl (C=O) groups is 1. The van der Waals surface area contributed by atoms with E-state index in [0.717, 1.165) is 25.1 Å². The highest BCUT2D eigenvalue weighted by molar-refractivity contribution is 5.98. The fourth-order valence-corrected chi connectivity index (χ4v) is 4.26. The summed E-state index contributed by atoms with van der Waals surface area (Å²) < 4.78 is 53.5. The van der Waals surface area contributed by atoms with Crippen molar-refractivity contribution in [1.82, 2.24) is 24.9 Å². The minimum Gasteiger partial charge on any atom is -0.368 e. The van der Waals surface area contributed by atoms with Gasteiger partial charge in [-0.05, 0) is 55.5 Å². The number of amides is 1. The highest BCUT2D eigenvalue weighted by Gasteiger charge is 2.35. The molecule has 34 heavy (non-hydrogen) atoms. The number of piperidine rings is 1. The number of carbonyl (C=O) groups excluding carboxylic acids is 1. The van der Waals surface area contributed by atoms with Crippen LogP contribution in [0.5, 0.6) is 0 Å². The van der Waals surface area contributed by atoms with Gasteiger partial charge in [-0.1, -0.05) is 6.92 Å². The van der Waals surface area contributed by atoms with Crippen LogP contribution in [-0.4, -0.2) is 49.9 Å². The van der Waals surface area contributed by atoms with Gasteiger partial charge >= 0.3 is 6.18 Å².